The first kappa shape index (κ1) is 17.8. The van der Waals surface area contributed by atoms with Crippen LogP contribution in [0.25, 0.3) is 0 Å². The molecule has 0 amide bonds. The highest BCUT2D eigenvalue weighted by molar-refractivity contribution is 5.39. The molecular weight excluding hydrogens is 320 g/mol. The zero-order valence-electron chi connectivity index (χ0n) is 14.9. The average molecular weight is 346 g/mol. The molecule has 2 atom stereocenters. The fourth-order valence-electron chi connectivity index (χ4n) is 3.22. The third-order valence-corrected chi connectivity index (χ3v) is 4.44. The minimum Gasteiger partial charge on any atom is -0.490 e. The first-order valence-corrected chi connectivity index (χ1v) is 8.83. The monoisotopic (exact) mass is 346 g/mol. The summed E-state index contributed by atoms with van der Waals surface area (Å²) in [6.07, 6.45) is 0.369. The lowest BCUT2D eigenvalue weighted by Gasteiger charge is -2.17. The van der Waals surface area contributed by atoms with Gasteiger partial charge < -0.3 is 19.1 Å². The van der Waals surface area contributed by atoms with Crippen LogP contribution in [-0.4, -0.2) is 54.1 Å². The number of likely N-dealkylation sites (tertiary alicyclic amines) is 1. The van der Waals surface area contributed by atoms with Crippen molar-refractivity contribution in [3.63, 3.8) is 0 Å². The Kier molecular flexibility index (Phi) is 5.94. The molecule has 3 rings (SSSR count). The molecule has 1 N–H and O–H groups in total. The van der Waals surface area contributed by atoms with Gasteiger partial charge in [0, 0.05) is 38.0 Å². The van der Waals surface area contributed by atoms with Crippen LogP contribution in [0.3, 0.4) is 0 Å². The minimum absolute atomic E-state index is 0.170. The van der Waals surface area contributed by atoms with Crippen LogP contribution in [0.1, 0.15) is 18.4 Å². The van der Waals surface area contributed by atoms with E-state index in [0.29, 0.717) is 26.2 Å². The Balaban J connectivity index is 1.46. The maximum Gasteiger partial charge on any atom is 0.161 e. The Morgan fingerprint density at radius 2 is 2.00 bits per heavy atom. The number of hydrogen-bond acceptors (Lipinski definition) is 6. The highest BCUT2D eigenvalue weighted by Crippen LogP contribution is 2.27. The summed E-state index contributed by atoms with van der Waals surface area (Å²) in [6.45, 7) is 7.29. The highest BCUT2D eigenvalue weighted by Gasteiger charge is 2.32. The van der Waals surface area contributed by atoms with Gasteiger partial charge in [0.05, 0.1) is 18.4 Å². The number of hydrogen-bond donors (Lipinski definition) is 1. The van der Waals surface area contributed by atoms with E-state index < -0.39 is 0 Å². The van der Waals surface area contributed by atoms with Crippen molar-refractivity contribution in [2.75, 3.05) is 32.8 Å². The van der Waals surface area contributed by atoms with E-state index >= 15 is 0 Å². The highest BCUT2D eigenvalue weighted by atomic mass is 16.5. The predicted octanol–water partition coefficient (Wildman–Crippen LogP) is 2.30. The quantitative estimate of drug-likeness (QED) is 0.791. The Morgan fingerprint density at radius 1 is 1.24 bits per heavy atom. The van der Waals surface area contributed by atoms with Crippen molar-refractivity contribution in [3.05, 3.63) is 41.8 Å². The zero-order valence-corrected chi connectivity index (χ0v) is 14.9. The minimum atomic E-state index is -0.346. The van der Waals surface area contributed by atoms with Crippen molar-refractivity contribution in [1.29, 1.82) is 0 Å². The number of aliphatic hydroxyl groups excluding tert-OH is 1. The molecule has 0 unspecified atom stereocenters. The van der Waals surface area contributed by atoms with Crippen LogP contribution in [0.4, 0.5) is 0 Å². The van der Waals surface area contributed by atoms with Crippen LogP contribution in [0, 0.1) is 12.8 Å². The van der Waals surface area contributed by atoms with E-state index in [-0.39, 0.29) is 12.0 Å². The van der Waals surface area contributed by atoms with Crippen molar-refractivity contribution in [2.45, 2.75) is 26.4 Å². The Bertz CT molecular complexity index is 673. The van der Waals surface area contributed by atoms with E-state index in [1.165, 1.54) is 0 Å². The molecule has 2 heterocycles. The van der Waals surface area contributed by atoms with E-state index in [0.717, 1.165) is 36.0 Å². The Morgan fingerprint density at radius 3 is 2.68 bits per heavy atom. The molecule has 0 aliphatic carbocycles. The number of β-amino-alcohol motifs (C(OH)–C–C–N with tert-alkyl or cyclic N) is 1. The lowest BCUT2D eigenvalue weighted by atomic mass is 10.0. The van der Waals surface area contributed by atoms with Crippen LogP contribution in [0.2, 0.25) is 0 Å². The maximum atomic E-state index is 10.3. The first-order chi connectivity index (χ1) is 12.2. The standard InChI is InChI=1S/C19H26N2O4/c1-3-23-18-6-4-5-7-19(18)24-9-8-21-12-15(17(22)13-21)11-16-10-14(2)20-25-16/h4-7,10,15,17,22H,3,8-9,11-13H2,1-2H3/t15-,17-/m1/s1. The van der Waals surface area contributed by atoms with Gasteiger partial charge >= 0.3 is 0 Å². The van der Waals surface area contributed by atoms with Gasteiger partial charge in [-0.25, -0.2) is 0 Å². The summed E-state index contributed by atoms with van der Waals surface area (Å²) in [5, 5.41) is 14.2. The average Bonchev–Trinajstić information content (AvgIpc) is 3.15. The summed E-state index contributed by atoms with van der Waals surface area (Å²) in [6, 6.07) is 9.63. The number of aliphatic hydroxyl groups is 1. The van der Waals surface area contributed by atoms with Crippen LogP contribution in [0.5, 0.6) is 11.5 Å². The molecular formula is C19H26N2O4. The van der Waals surface area contributed by atoms with Gasteiger partial charge in [0.25, 0.3) is 0 Å². The SMILES string of the molecule is CCOc1ccccc1OCCN1C[C@@H](Cc2cc(C)no2)[C@H](O)C1. The van der Waals surface area contributed by atoms with Gasteiger partial charge in [-0.05, 0) is 26.0 Å². The van der Waals surface area contributed by atoms with Crippen LogP contribution in [0.15, 0.2) is 34.9 Å². The van der Waals surface area contributed by atoms with E-state index in [1.54, 1.807) is 0 Å². The first-order valence-electron chi connectivity index (χ1n) is 8.83. The van der Waals surface area contributed by atoms with Crippen molar-refractivity contribution in [3.8, 4) is 11.5 Å². The molecule has 1 aliphatic heterocycles. The molecule has 6 heteroatoms. The number of aromatic nitrogens is 1. The lowest BCUT2D eigenvalue weighted by molar-refractivity contribution is 0.136. The van der Waals surface area contributed by atoms with Crippen LogP contribution in [-0.2, 0) is 6.42 Å². The summed E-state index contributed by atoms with van der Waals surface area (Å²) < 4.78 is 16.7. The molecule has 1 aromatic heterocycles. The zero-order chi connectivity index (χ0) is 17.6. The number of ether oxygens (including phenoxy) is 2. The second kappa shape index (κ2) is 8.36. The Labute approximate surface area is 148 Å². The fourth-order valence-corrected chi connectivity index (χ4v) is 3.22. The summed E-state index contributed by atoms with van der Waals surface area (Å²) in [5.74, 6) is 2.54. The molecule has 1 saturated heterocycles. The smallest absolute Gasteiger partial charge is 0.161 e. The number of para-hydroxylation sites is 2. The van der Waals surface area contributed by atoms with Gasteiger partial charge in [-0.15, -0.1) is 0 Å². The van der Waals surface area contributed by atoms with Gasteiger partial charge in [-0.3, -0.25) is 4.90 Å². The maximum absolute atomic E-state index is 10.3. The molecule has 0 radical (unpaired) electrons. The summed E-state index contributed by atoms with van der Waals surface area (Å²) >= 11 is 0. The van der Waals surface area contributed by atoms with E-state index in [1.807, 2.05) is 44.2 Å². The third kappa shape index (κ3) is 4.74. The van der Waals surface area contributed by atoms with Crippen molar-refractivity contribution in [1.82, 2.24) is 10.1 Å². The topological polar surface area (TPSA) is 68.0 Å². The Hall–Kier alpha value is -2.05. The van der Waals surface area contributed by atoms with Gasteiger partial charge in [0.1, 0.15) is 12.4 Å². The summed E-state index contributed by atoms with van der Waals surface area (Å²) in [4.78, 5) is 2.22. The van der Waals surface area contributed by atoms with Gasteiger partial charge in [0.2, 0.25) is 0 Å². The van der Waals surface area contributed by atoms with E-state index in [9.17, 15) is 5.11 Å². The molecule has 6 nitrogen and oxygen atoms in total. The molecule has 0 spiro atoms. The van der Waals surface area contributed by atoms with Crippen molar-refractivity contribution in [2.24, 2.45) is 5.92 Å². The molecule has 0 bridgehead atoms. The normalized spacial score (nSPS) is 20.8. The second-order valence-corrected chi connectivity index (χ2v) is 6.45. The molecule has 1 aromatic carbocycles. The summed E-state index contributed by atoms with van der Waals surface area (Å²) in [7, 11) is 0. The molecule has 0 saturated carbocycles. The lowest BCUT2D eigenvalue weighted by Crippen LogP contribution is -2.27. The molecule has 1 fully saturated rings. The largest absolute Gasteiger partial charge is 0.490 e. The second-order valence-electron chi connectivity index (χ2n) is 6.45. The molecule has 136 valence electrons. The van der Waals surface area contributed by atoms with Crippen LogP contribution < -0.4 is 9.47 Å². The predicted molar refractivity (Wildman–Crippen MR) is 94.0 cm³/mol. The molecule has 1 aliphatic rings. The van der Waals surface area contributed by atoms with Crippen molar-refractivity contribution < 1.29 is 19.1 Å². The summed E-state index contributed by atoms with van der Waals surface area (Å²) in [5.41, 5.74) is 0.876. The van der Waals surface area contributed by atoms with Crippen LogP contribution >= 0.6 is 0 Å². The van der Waals surface area contributed by atoms with Crippen molar-refractivity contribution >= 4 is 0 Å². The molecule has 25 heavy (non-hydrogen) atoms. The third-order valence-electron chi connectivity index (χ3n) is 4.44. The fraction of sp³-hybridized carbons (Fsp3) is 0.526. The van der Waals surface area contributed by atoms with E-state index in [2.05, 4.69) is 10.1 Å². The van der Waals surface area contributed by atoms with E-state index in [4.69, 9.17) is 14.0 Å². The van der Waals surface area contributed by atoms with Gasteiger partial charge in [-0.1, -0.05) is 17.3 Å². The number of benzene rings is 1. The van der Waals surface area contributed by atoms with Gasteiger partial charge in [0.15, 0.2) is 11.5 Å². The van der Waals surface area contributed by atoms with Gasteiger partial charge in [-0.2, -0.15) is 0 Å². The number of rotatable bonds is 8. The number of aryl methyl sites for hydroxylation is 1. The molecule has 2 aromatic rings. The number of nitrogens with zero attached hydrogens (tertiary/aromatic N) is 2.